The molecule has 1 aromatic heterocycles. The molecule has 0 saturated carbocycles. The Morgan fingerprint density at radius 1 is 0.944 bits per heavy atom. The summed E-state index contributed by atoms with van der Waals surface area (Å²) in [6.07, 6.45) is 1.43. The van der Waals surface area contributed by atoms with E-state index in [9.17, 15) is 10.1 Å². The van der Waals surface area contributed by atoms with Gasteiger partial charge in [-0.3, -0.25) is 10.1 Å². The summed E-state index contributed by atoms with van der Waals surface area (Å²) in [5, 5.41) is 14.5. The molecule has 9 nitrogen and oxygen atoms in total. The summed E-state index contributed by atoms with van der Waals surface area (Å²) in [6.45, 7) is 5.18. The molecule has 0 N–H and O–H groups in total. The van der Waals surface area contributed by atoms with Gasteiger partial charge in [0.15, 0.2) is 0 Å². The Balaban J connectivity index is 1.46. The van der Waals surface area contributed by atoms with Crippen LogP contribution < -0.4 is 19.4 Å². The minimum Gasteiger partial charge on any atom is -0.497 e. The van der Waals surface area contributed by atoms with Crippen molar-refractivity contribution in [2.24, 2.45) is 0 Å². The first-order valence-corrected chi connectivity index (χ1v) is 12.0. The fourth-order valence-corrected chi connectivity index (χ4v) is 4.80. The number of benzene rings is 3. The fourth-order valence-electron chi connectivity index (χ4n) is 4.80. The van der Waals surface area contributed by atoms with Crippen LogP contribution in [-0.4, -0.2) is 54.7 Å². The first-order chi connectivity index (χ1) is 17.6. The lowest BCUT2D eigenvalue weighted by Crippen LogP contribution is -2.47. The Hall–Kier alpha value is -4.40. The summed E-state index contributed by atoms with van der Waals surface area (Å²) >= 11 is 0. The van der Waals surface area contributed by atoms with Gasteiger partial charge in [0.05, 0.1) is 17.7 Å². The third-order valence-corrected chi connectivity index (χ3v) is 6.61. The van der Waals surface area contributed by atoms with Crippen molar-refractivity contribution in [2.75, 3.05) is 54.5 Å². The van der Waals surface area contributed by atoms with Crippen LogP contribution in [0.4, 0.5) is 28.7 Å². The second-order valence-electron chi connectivity index (χ2n) is 8.54. The van der Waals surface area contributed by atoms with Crippen LogP contribution in [0.15, 0.2) is 73.1 Å². The van der Waals surface area contributed by atoms with Crippen molar-refractivity contribution in [3.63, 3.8) is 0 Å². The SMILES string of the molecule is CCN(c1ncnc(N2CCN(c3ccc(OC)cc3)CC2)c1[N+](=O)[O-])c1cccc2ccccc12. The molecule has 5 rings (SSSR count). The Morgan fingerprint density at radius 3 is 2.33 bits per heavy atom. The third kappa shape index (κ3) is 4.35. The van der Waals surface area contributed by atoms with E-state index >= 15 is 0 Å². The van der Waals surface area contributed by atoms with Gasteiger partial charge < -0.3 is 19.4 Å². The van der Waals surface area contributed by atoms with Crippen LogP contribution in [0.25, 0.3) is 10.8 Å². The molecule has 0 spiro atoms. The van der Waals surface area contributed by atoms with Gasteiger partial charge in [0.25, 0.3) is 0 Å². The number of nitro groups is 1. The minimum absolute atomic E-state index is 0.0646. The molecule has 1 aliphatic heterocycles. The van der Waals surface area contributed by atoms with Crippen LogP contribution in [0.5, 0.6) is 5.75 Å². The van der Waals surface area contributed by atoms with Crippen LogP contribution in [0, 0.1) is 10.1 Å². The van der Waals surface area contributed by atoms with Crippen molar-refractivity contribution in [3.05, 3.63) is 83.2 Å². The number of hydrogen-bond acceptors (Lipinski definition) is 8. The maximum absolute atomic E-state index is 12.4. The number of piperazine rings is 1. The molecule has 4 aromatic rings. The van der Waals surface area contributed by atoms with E-state index in [-0.39, 0.29) is 10.6 Å². The van der Waals surface area contributed by atoms with E-state index in [1.807, 2.05) is 83.5 Å². The number of rotatable bonds is 7. The molecule has 1 aliphatic rings. The summed E-state index contributed by atoms with van der Waals surface area (Å²) in [5.41, 5.74) is 1.92. The van der Waals surface area contributed by atoms with Gasteiger partial charge in [-0.05, 0) is 42.6 Å². The lowest BCUT2D eigenvalue weighted by Gasteiger charge is -2.36. The van der Waals surface area contributed by atoms with E-state index in [2.05, 4.69) is 14.9 Å². The standard InChI is InChI=1S/C27H28N6O3/c1-3-32(24-10-6-8-20-7-4-5-9-23(20)24)27-25(33(34)35)26(28-19-29-27)31-17-15-30(16-18-31)21-11-13-22(36-2)14-12-21/h4-14,19H,3,15-18H2,1-2H3. The molecular weight excluding hydrogens is 456 g/mol. The topological polar surface area (TPSA) is 87.9 Å². The van der Waals surface area contributed by atoms with Gasteiger partial charge in [-0.2, -0.15) is 0 Å². The smallest absolute Gasteiger partial charge is 0.353 e. The molecule has 0 atom stereocenters. The summed E-state index contributed by atoms with van der Waals surface area (Å²) in [5.74, 6) is 1.48. The molecular formula is C27H28N6O3. The van der Waals surface area contributed by atoms with Crippen molar-refractivity contribution in [1.29, 1.82) is 0 Å². The third-order valence-electron chi connectivity index (χ3n) is 6.61. The predicted octanol–water partition coefficient (Wildman–Crippen LogP) is 5.03. The second kappa shape index (κ2) is 10.1. The highest BCUT2D eigenvalue weighted by Crippen LogP contribution is 2.40. The van der Waals surface area contributed by atoms with E-state index in [0.29, 0.717) is 31.3 Å². The van der Waals surface area contributed by atoms with Crippen LogP contribution in [0.3, 0.4) is 0 Å². The van der Waals surface area contributed by atoms with E-state index in [1.54, 1.807) is 7.11 Å². The van der Waals surface area contributed by atoms with Crippen molar-refractivity contribution in [2.45, 2.75) is 6.92 Å². The fraction of sp³-hybridized carbons (Fsp3) is 0.259. The zero-order chi connectivity index (χ0) is 25.1. The molecule has 1 fully saturated rings. The van der Waals surface area contributed by atoms with E-state index in [4.69, 9.17) is 4.74 Å². The Morgan fingerprint density at radius 2 is 1.64 bits per heavy atom. The number of fused-ring (bicyclic) bond motifs is 1. The first kappa shape index (κ1) is 23.3. The highest BCUT2D eigenvalue weighted by molar-refractivity contribution is 5.96. The van der Waals surface area contributed by atoms with Crippen LogP contribution in [0.2, 0.25) is 0 Å². The van der Waals surface area contributed by atoms with Crippen molar-refractivity contribution >= 4 is 39.5 Å². The second-order valence-corrected chi connectivity index (χ2v) is 8.54. The number of ether oxygens (including phenoxy) is 1. The van der Waals surface area contributed by atoms with E-state index in [0.717, 1.165) is 41.0 Å². The monoisotopic (exact) mass is 484 g/mol. The highest BCUT2D eigenvalue weighted by Gasteiger charge is 2.32. The average Bonchev–Trinajstić information content (AvgIpc) is 2.93. The maximum atomic E-state index is 12.4. The Labute approximate surface area is 209 Å². The molecule has 184 valence electrons. The van der Waals surface area contributed by atoms with Gasteiger partial charge in [-0.1, -0.05) is 36.4 Å². The largest absolute Gasteiger partial charge is 0.497 e. The minimum atomic E-state index is -0.353. The van der Waals surface area contributed by atoms with Crippen LogP contribution in [-0.2, 0) is 0 Å². The number of nitrogens with zero attached hydrogens (tertiary/aromatic N) is 6. The van der Waals surface area contributed by atoms with Crippen molar-refractivity contribution < 1.29 is 9.66 Å². The molecule has 0 aliphatic carbocycles. The zero-order valence-corrected chi connectivity index (χ0v) is 20.4. The van der Waals surface area contributed by atoms with E-state index in [1.165, 1.54) is 6.33 Å². The van der Waals surface area contributed by atoms with Gasteiger partial charge in [0.1, 0.15) is 12.1 Å². The molecule has 0 bridgehead atoms. The molecule has 36 heavy (non-hydrogen) atoms. The van der Waals surface area contributed by atoms with Gasteiger partial charge in [0, 0.05) is 43.8 Å². The van der Waals surface area contributed by atoms with Gasteiger partial charge in [-0.15, -0.1) is 0 Å². The molecule has 9 heteroatoms. The zero-order valence-electron chi connectivity index (χ0n) is 20.4. The highest BCUT2D eigenvalue weighted by atomic mass is 16.6. The molecule has 0 unspecified atom stereocenters. The first-order valence-electron chi connectivity index (χ1n) is 12.0. The predicted molar refractivity (Wildman–Crippen MR) is 143 cm³/mol. The van der Waals surface area contributed by atoms with Crippen molar-refractivity contribution in [3.8, 4) is 5.75 Å². The van der Waals surface area contributed by atoms with Gasteiger partial charge in [0.2, 0.25) is 11.6 Å². The van der Waals surface area contributed by atoms with Gasteiger partial charge >= 0.3 is 5.69 Å². The molecule has 0 amide bonds. The lowest BCUT2D eigenvalue weighted by molar-refractivity contribution is -0.383. The number of aromatic nitrogens is 2. The summed E-state index contributed by atoms with van der Waals surface area (Å²) in [6, 6.07) is 21.9. The number of methoxy groups -OCH3 is 1. The molecule has 1 saturated heterocycles. The summed E-state index contributed by atoms with van der Waals surface area (Å²) in [4.78, 5) is 27.0. The van der Waals surface area contributed by atoms with Crippen LogP contribution >= 0.6 is 0 Å². The normalized spacial score (nSPS) is 13.6. The number of anilines is 4. The maximum Gasteiger partial charge on any atom is 0.353 e. The molecule has 2 heterocycles. The molecule has 0 radical (unpaired) electrons. The summed E-state index contributed by atoms with van der Waals surface area (Å²) < 4.78 is 5.25. The van der Waals surface area contributed by atoms with Crippen molar-refractivity contribution in [1.82, 2.24) is 9.97 Å². The Bertz CT molecular complexity index is 1360. The number of hydrogen-bond donors (Lipinski definition) is 0. The average molecular weight is 485 g/mol. The quantitative estimate of drug-likeness (QED) is 0.267. The summed E-state index contributed by atoms with van der Waals surface area (Å²) in [7, 11) is 1.65. The van der Waals surface area contributed by atoms with E-state index < -0.39 is 0 Å². The van der Waals surface area contributed by atoms with Gasteiger partial charge in [-0.25, -0.2) is 9.97 Å². The lowest BCUT2D eigenvalue weighted by atomic mass is 10.1. The molecule has 3 aromatic carbocycles. The van der Waals surface area contributed by atoms with Crippen LogP contribution in [0.1, 0.15) is 6.92 Å². The Kier molecular flexibility index (Phi) is 6.53.